The molecule has 1 aromatic heterocycles. The second-order valence-electron chi connectivity index (χ2n) is 6.59. The van der Waals surface area contributed by atoms with Crippen LogP contribution in [0, 0.1) is 0 Å². The SMILES string of the molecule is COc1cc(-c2coc3cc(O)ccc23)cc(OC(F)F)c1C(=O)N[C@@H]1C[C@@H]1F. The fourth-order valence-corrected chi connectivity index (χ4v) is 3.11. The highest BCUT2D eigenvalue weighted by Crippen LogP contribution is 2.40. The van der Waals surface area contributed by atoms with Gasteiger partial charge in [-0.1, -0.05) is 0 Å². The maximum absolute atomic E-state index is 13.1. The average Bonchev–Trinajstić information content (AvgIpc) is 3.19. The highest BCUT2D eigenvalue weighted by Gasteiger charge is 2.40. The Morgan fingerprint density at radius 3 is 2.66 bits per heavy atom. The summed E-state index contributed by atoms with van der Waals surface area (Å²) in [7, 11) is 1.28. The number of methoxy groups -OCH3 is 1. The van der Waals surface area contributed by atoms with Gasteiger partial charge in [0.1, 0.15) is 34.6 Å². The summed E-state index contributed by atoms with van der Waals surface area (Å²) in [6, 6.07) is 6.57. The molecule has 0 aliphatic heterocycles. The maximum atomic E-state index is 13.1. The van der Waals surface area contributed by atoms with Crippen LogP contribution in [0.25, 0.3) is 22.1 Å². The number of furan rings is 1. The van der Waals surface area contributed by atoms with Gasteiger partial charge < -0.3 is 24.3 Å². The molecule has 1 saturated carbocycles. The fraction of sp³-hybridized carbons (Fsp3) is 0.250. The van der Waals surface area contributed by atoms with E-state index in [1.54, 1.807) is 6.07 Å². The van der Waals surface area contributed by atoms with Crippen molar-refractivity contribution in [3.63, 3.8) is 0 Å². The van der Waals surface area contributed by atoms with E-state index in [9.17, 15) is 23.1 Å². The first kappa shape index (κ1) is 19.0. The number of phenols is 1. The van der Waals surface area contributed by atoms with Crippen molar-refractivity contribution >= 4 is 16.9 Å². The van der Waals surface area contributed by atoms with Crippen molar-refractivity contribution in [2.45, 2.75) is 25.2 Å². The predicted octanol–water partition coefficient (Wildman–Crippen LogP) is 4.26. The molecule has 0 radical (unpaired) electrons. The Bertz CT molecular complexity index is 1080. The summed E-state index contributed by atoms with van der Waals surface area (Å²) >= 11 is 0. The molecule has 1 fully saturated rings. The summed E-state index contributed by atoms with van der Waals surface area (Å²) in [5, 5.41) is 12.6. The lowest BCUT2D eigenvalue weighted by Gasteiger charge is -2.16. The Morgan fingerprint density at radius 1 is 1.28 bits per heavy atom. The molecule has 2 N–H and O–H groups in total. The van der Waals surface area contributed by atoms with Crippen LogP contribution in [-0.2, 0) is 0 Å². The first-order chi connectivity index (χ1) is 13.9. The molecule has 0 bridgehead atoms. The molecule has 0 unspecified atom stereocenters. The van der Waals surface area contributed by atoms with E-state index in [-0.39, 0.29) is 23.5 Å². The van der Waals surface area contributed by atoms with Gasteiger partial charge in [-0.2, -0.15) is 8.78 Å². The molecular formula is C20H16F3NO5. The number of carbonyl (C=O) groups is 1. The summed E-state index contributed by atoms with van der Waals surface area (Å²) in [6.45, 7) is -3.19. The highest BCUT2D eigenvalue weighted by atomic mass is 19.3. The smallest absolute Gasteiger partial charge is 0.387 e. The number of aromatic hydroxyl groups is 1. The summed E-state index contributed by atoms with van der Waals surface area (Å²) in [4.78, 5) is 12.5. The van der Waals surface area contributed by atoms with Gasteiger partial charge in [-0.05, 0) is 29.8 Å². The van der Waals surface area contributed by atoms with Crippen LogP contribution in [0.3, 0.4) is 0 Å². The first-order valence-corrected chi connectivity index (χ1v) is 8.69. The predicted molar refractivity (Wildman–Crippen MR) is 97.3 cm³/mol. The lowest BCUT2D eigenvalue weighted by Crippen LogP contribution is -2.28. The van der Waals surface area contributed by atoms with E-state index in [1.807, 2.05) is 0 Å². The number of alkyl halides is 3. The van der Waals surface area contributed by atoms with E-state index >= 15 is 0 Å². The monoisotopic (exact) mass is 407 g/mol. The lowest BCUT2D eigenvalue weighted by atomic mass is 10.0. The number of nitrogens with one attached hydrogen (secondary N) is 1. The molecular weight excluding hydrogens is 391 g/mol. The second-order valence-corrected chi connectivity index (χ2v) is 6.59. The van der Waals surface area contributed by atoms with E-state index < -0.39 is 30.5 Å². The zero-order chi connectivity index (χ0) is 20.7. The number of rotatable bonds is 6. The van der Waals surface area contributed by atoms with E-state index in [1.165, 1.54) is 37.6 Å². The van der Waals surface area contributed by atoms with E-state index in [0.717, 1.165) is 0 Å². The molecule has 1 aliphatic carbocycles. The standard InChI is InChI=1S/C20H16F3NO5/c1-27-16-4-9(12-8-28-15-6-10(25)2-3-11(12)15)5-17(29-20(22)23)18(16)19(26)24-14-7-13(14)21/h2-6,8,13-14,20,25H,7H2,1H3,(H,24,26)/t13-,14+/m0/s1. The van der Waals surface area contributed by atoms with Crippen molar-refractivity contribution in [3.8, 4) is 28.4 Å². The van der Waals surface area contributed by atoms with Crippen LogP contribution >= 0.6 is 0 Å². The van der Waals surface area contributed by atoms with Crippen LogP contribution in [0.4, 0.5) is 13.2 Å². The number of amides is 1. The van der Waals surface area contributed by atoms with Gasteiger partial charge >= 0.3 is 6.61 Å². The molecule has 3 aromatic rings. The Morgan fingerprint density at radius 2 is 2.00 bits per heavy atom. The summed E-state index contributed by atoms with van der Waals surface area (Å²) in [5.74, 6) is -1.18. The lowest BCUT2D eigenvalue weighted by molar-refractivity contribution is -0.0502. The van der Waals surface area contributed by atoms with Crippen molar-refractivity contribution in [2.75, 3.05) is 7.11 Å². The maximum Gasteiger partial charge on any atom is 0.387 e. The van der Waals surface area contributed by atoms with Crippen molar-refractivity contribution in [3.05, 3.63) is 42.2 Å². The Labute approximate surface area is 162 Å². The molecule has 152 valence electrons. The zero-order valence-corrected chi connectivity index (χ0v) is 15.1. The zero-order valence-electron chi connectivity index (χ0n) is 15.1. The summed E-state index contributed by atoms with van der Waals surface area (Å²) < 4.78 is 54.4. The molecule has 4 rings (SSSR count). The average molecular weight is 407 g/mol. The van der Waals surface area contributed by atoms with Crippen molar-refractivity contribution in [1.82, 2.24) is 5.32 Å². The van der Waals surface area contributed by atoms with Gasteiger partial charge in [-0.3, -0.25) is 4.79 Å². The molecule has 0 saturated heterocycles. The quantitative estimate of drug-likeness (QED) is 0.638. The molecule has 9 heteroatoms. The number of ether oxygens (including phenoxy) is 2. The van der Waals surface area contributed by atoms with Gasteiger partial charge in [0.15, 0.2) is 0 Å². The van der Waals surface area contributed by atoms with Crippen LogP contribution in [0.5, 0.6) is 17.2 Å². The molecule has 6 nitrogen and oxygen atoms in total. The number of hydrogen-bond acceptors (Lipinski definition) is 5. The van der Waals surface area contributed by atoms with Crippen LogP contribution in [-0.4, -0.2) is 36.9 Å². The second kappa shape index (κ2) is 7.23. The number of carbonyl (C=O) groups excluding carboxylic acids is 1. The van der Waals surface area contributed by atoms with Crippen LogP contribution in [0.2, 0.25) is 0 Å². The number of hydrogen-bond donors (Lipinski definition) is 2. The van der Waals surface area contributed by atoms with E-state index in [4.69, 9.17) is 9.15 Å². The van der Waals surface area contributed by atoms with Crippen LogP contribution in [0.1, 0.15) is 16.8 Å². The third-order valence-corrected chi connectivity index (χ3v) is 4.63. The van der Waals surface area contributed by atoms with Gasteiger partial charge in [-0.25, -0.2) is 4.39 Å². The molecule has 1 aliphatic rings. The number of benzene rings is 2. The topological polar surface area (TPSA) is 80.9 Å². The Kier molecular flexibility index (Phi) is 4.73. The Hall–Kier alpha value is -3.36. The number of phenolic OH excluding ortho intramolecular Hbond substituents is 1. The van der Waals surface area contributed by atoms with Gasteiger partial charge in [-0.15, -0.1) is 0 Å². The fourth-order valence-electron chi connectivity index (χ4n) is 3.11. The summed E-state index contributed by atoms with van der Waals surface area (Å²) in [5.41, 5.74) is 1.06. The van der Waals surface area contributed by atoms with E-state index in [2.05, 4.69) is 10.1 Å². The molecule has 29 heavy (non-hydrogen) atoms. The minimum atomic E-state index is -3.19. The molecule has 2 atom stereocenters. The van der Waals surface area contributed by atoms with Gasteiger partial charge in [0.05, 0.1) is 19.4 Å². The molecule has 1 heterocycles. The van der Waals surface area contributed by atoms with Gasteiger partial charge in [0.25, 0.3) is 5.91 Å². The third-order valence-electron chi connectivity index (χ3n) is 4.63. The van der Waals surface area contributed by atoms with Crippen LogP contribution < -0.4 is 14.8 Å². The largest absolute Gasteiger partial charge is 0.508 e. The summed E-state index contributed by atoms with van der Waals surface area (Å²) in [6.07, 6.45) is 0.408. The third kappa shape index (κ3) is 3.67. The normalized spacial score (nSPS) is 18.1. The van der Waals surface area contributed by atoms with Crippen LogP contribution in [0.15, 0.2) is 41.0 Å². The van der Waals surface area contributed by atoms with Crippen molar-refractivity contribution in [1.29, 1.82) is 0 Å². The highest BCUT2D eigenvalue weighted by molar-refractivity contribution is 6.02. The molecule has 0 spiro atoms. The minimum absolute atomic E-state index is 0.0102. The molecule has 1 amide bonds. The number of fused-ring (bicyclic) bond motifs is 1. The van der Waals surface area contributed by atoms with Crippen molar-refractivity contribution in [2.24, 2.45) is 0 Å². The van der Waals surface area contributed by atoms with Gasteiger partial charge in [0.2, 0.25) is 0 Å². The molecule has 2 aromatic carbocycles. The number of halogens is 3. The Balaban J connectivity index is 1.82. The first-order valence-electron chi connectivity index (χ1n) is 8.69. The minimum Gasteiger partial charge on any atom is -0.508 e. The van der Waals surface area contributed by atoms with E-state index in [0.29, 0.717) is 22.1 Å². The van der Waals surface area contributed by atoms with Gasteiger partial charge in [0, 0.05) is 23.4 Å². The van der Waals surface area contributed by atoms with Crippen molar-refractivity contribution < 1.29 is 37.0 Å².